The second-order valence-corrected chi connectivity index (χ2v) is 21.8. The van der Waals surface area contributed by atoms with Crippen LogP contribution in [-0.4, -0.2) is 28.9 Å². The maximum atomic E-state index is 7.11. The molecule has 0 amide bonds. The molecule has 0 unspecified atom stereocenters. The normalized spacial score (nSPS) is 15.3. The van der Waals surface area contributed by atoms with Gasteiger partial charge in [0.1, 0.15) is 0 Å². The van der Waals surface area contributed by atoms with E-state index in [1.54, 1.807) is 0 Å². The zero-order chi connectivity index (χ0) is 24.9. The topological polar surface area (TPSA) is 18.5 Å². The van der Waals surface area contributed by atoms with Crippen LogP contribution in [0.1, 0.15) is 5.56 Å². The summed E-state index contributed by atoms with van der Waals surface area (Å²) in [7, 11) is -1.73. The van der Waals surface area contributed by atoms with Crippen molar-refractivity contribution in [2.75, 3.05) is 0 Å². The van der Waals surface area contributed by atoms with E-state index in [1.165, 1.54) is 27.1 Å². The minimum absolute atomic E-state index is 0.282. The molecule has 5 aromatic carbocycles. The summed E-state index contributed by atoms with van der Waals surface area (Å²) in [5.74, 6) is 1.82. The Morgan fingerprint density at radius 1 is 0.639 bits per heavy atom. The Bertz CT molecular complexity index is 1490. The van der Waals surface area contributed by atoms with Crippen LogP contribution < -0.4 is 9.05 Å². The van der Waals surface area contributed by atoms with E-state index < -0.39 is 14.5 Å². The molecule has 0 radical (unpaired) electrons. The molecule has 0 saturated carbocycles. The van der Waals surface area contributed by atoms with Crippen LogP contribution in [0.15, 0.2) is 103 Å². The van der Waals surface area contributed by atoms with Crippen LogP contribution >= 0.6 is 6.41 Å². The van der Waals surface area contributed by atoms with Gasteiger partial charge in [-0.2, -0.15) is 0 Å². The average Bonchev–Trinajstić information content (AvgIpc) is 3.01. The van der Waals surface area contributed by atoms with E-state index in [9.17, 15) is 0 Å². The third kappa shape index (κ3) is 4.17. The fraction of sp³-hybridized carbons (Fsp3) is 0.161. The van der Waals surface area contributed by atoms with Gasteiger partial charge in [0.15, 0.2) is 0 Å². The predicted octanol–water partition coefficient (Wildman–Crippen LogP) is 8.85. The second kappa shape index (κ2) is 9.05. The molecule has 5 aromatic rings. The molecular formula is C31H29O2PSeSi. The van der Waals surface area contributed by atoms with Gasteiger partial charge in [-0.25, -0.2) is 0 Å². The summed E-state index contributed by atoms with van der Waals surface area (Å²) < 4.78 is 14.2. The molecule has 1 heterocycles. The molecule has 0 bridgehead atoms. The number of rotatable bonds is 4. The van der Waals surface area contributed by atoms with Crippen LogP contribution in [0.5, 0.6) is 11.5 Å². The second-order valence-electron chi connectivity index (χ2n) is 10.6. The van der Waals surface area contributed by atoms with Crippen LogP contribution in [0.2, 0.25) is 19.6 Å². The summed E-state index contributed by atoms with van der Waals surface area (Å²) in [5, 5.41) is 5.07. The molecule has 1 atom stereocenters. The molecular weight excluding hydrogens is 542 g/mol. The van der Waals surface area contributed by atoms with Crippen LogP contribution in [0, 0.1) is 0 Å². The Labute approximate surface area is 222 Å². The Kier molecular flexibility index (Phi) is 5.97. The van der Waals surface area contributed by atoms with Crippen molar-refractivity contribution in [3.63, 3.8) is 0 Å². The van der Waals surface area contributed by atoms with Crippen molar-refractivity contribution in [1.82, 2.24) is 0 Å². The van der Waals surface area contributed by atoms with Gasteiger partial charge >= 0.3 is 223 Å². The molecule has 0 aliphatic carbocycles. The van der Waals surface area contributed by atoms with E-state index in [4.69, 9.17) is 9.05 Å². The van der Waals surface area contributed by atoms with Gasteiger partial charge in [0, 0.05) is 0 Å². The molecule has 36 heavy (non-hydrogen) atoms. The Balaban J connectivity index is 1.62. The third-order valence-corrected chi connectivity index (χ3v) is 18.3. The number of fused-ring (bicyclic) bond motifs is 7. The van der Waals surface area contributed by atoms with Crippen molar-refractivity contribution in [3.05, 3.63) is 109 Å². The Morgan fingerprint density at radius 2 is 1.11 bits per heavy atom. The van der Waals surface area contributed by atoms with Crippen molar-refractivity contribution >= 4 is 51.6 Å². The quantitative estimate of drug-likeness (QED) is 0.159. The van der Waals surface area contributed by atoms with E-state index in [2.05, 4.69) is 138 Å². The van der Waals surface area contributed by atoms with Crippen LogP contribution in [-0.2, 0) is 6.42 Å². The summed E-state index contributed by atoms with van der Waals surface area (Å²) in [4.78, 5) is 0. The average molecular weight is 572 g/mol. The van der Waals surface area contributed by atoms with Crippen LogP contribution in [0.4, 0.5) is 0 Å². The first-order valence-corrected chi connectivity index (χ1v) is 19.9. The number of hydrogen-bond acceptors (Lipinski definition) is 2. The molecule has 1 aliphatic heterocycles. The fourth-order valence-electron chi connectivity index (χ4n) is 5.32. The Hall–Kier alpha value is -2.61. The third-order valence-electron chi connectivity index (χ3n) is 7.14. The first-order valence-electron chi connectivity index (χ1n) is 12.4. The van der Waals surface area contributed by atoms with Crippen molar-refractivity contribution in [3.8, 4) is 22.6 Å². The molecule has 180 valence electrons. The van der Waals surface area contributed by atoms with E-state index in [-0.39, 0.29) is 5.28 Å². The first kappa shape index (κ1) is 23.8. The van der Waals surface area contributed by atoms with Crippen molar-refractivity contribution in [1.29, 1.82) is 0 Å². The minimum atomic E-state index is -2.49. The summed E-state index contributed by atoms with van der Waals surface area (Å²) in [6.45, 7) is 7.29. The van der Waals surface area contributed by atoms with Gasteiger partial charge in [-0.1, -0.05) is 0 Å². The van der Waals surface area contributed by atoms with Gasteiger partial charge < -0.3 is 0 Å². The van der Waals surface area contributed by atoms with E-state index in [0.29, 0.717) is 0 Å². The standard InChI is InChI=1S/C31H29O2PSeSi/c1-36(2,3)29(21-22-11-5-4-6-12-22)34(35)32-27-19-17-23-13-7-9-15-25(23)30(27)31-26-16-10-8-14-24(26)18-20-28(31)33-34/h4-20,29H,21H2,1-3H3/t29-/m1/s1. The van der Waals surface area contributed by atoms with Crippen LogP contribution in [0.3, 0.4) is 0 Å². The molecule has 0 fully saturated rings. The molecule has 0 saturated heterocycles. The molecule has 0 aromatic heterocycles. The van der Waals surface area contributed by atoms with Gasteiger partial charge in [-0.05, 0) is 0 Å². The fourth-order valence-corrected chi connectivity index (χ4v) is 19.3. The molecule has 0 N–H and O–H groups in total. The summed E-state index contributed by atoms with van der Waals surface area (Å²) in [5.41, 5.74) is 3.59. The predicted molar refractivity (Wildman–Crippen MR) is 158 cm³/mol. The molecule has 1 aliphatic rings. The SMILES string of the molecule is C[Si](C)(C)[C@H](Cc1ccccc1)[P+]1([Se-])Oc2ccc3ccccc3c2-c2c(ccc3ccccc23)O1. The maximum absolute atomic E-state index is 7.11. The Morgan fingerprint density at radius 3 is 1.61 bits per heavy atom. The zero-order valence-corrected chi connectivity index (χ0v) is 24.4. The van der Waals surface area contributed by atoms with Gasteiger partial charge in [0.25, 0.3) is 0 Å². The van der Waals surface area contributed by atoms with E-state index in [1.807, 2.05) is 0 Å². The van der Waals surface area contributed by atoms with Crippen molar-refractivity contribution < 1.29 is 9.05 Å². The number of hydrogen-bond donors (Lipinski definition) is 0. The van der Waals surface area contributed by atoms with Gasteiger partial charge in [0.05, 0.1) is 0 Å². The van der Waals surface area contributed by atoms with E-state index in [0.717, 1.165) is 29.0 Å². The van der Waals surface area contributed by atoms with Crippen LogP contribution in [0.25, 0.3) is 32.7 Å². The zero-order valence-electron chi connectivity index (χ0n) is 20.8. The molecule has 2 nitrogen and oxygen atoms in total. The van der Waals surface area contributed by atoms with Gasteiger partial charge in [0.2, 0.25) is 0 Å². The molecule has 0 spiro atoms. The van der Waals surface area contributed by atoms with Crippen molar-refractivity contribution in [2.24, 2.45) is 0 Å². The van der Waals surface area contributed by atoms with Gasteiger partial charge in [-0.15, -0.1) is 0 Å². The summed E-state index contributed by atoms with van der Waals surface area (Å²) in [6.07, 6.45) is -1.55. The molecule has 5 heteroatoms. The van der Waals surface area contributed by atoms with E-state index >= 15 is 0 Å². The first-order chi connectivity index (χ1) is 17.3. The molecule has 6 rings (SSSR count). The summed E-state index contributed by atoms with van der Waals surface area (Å²) >= 11 is 3.54. The monoisotopic (exact) mass is 572 g/mol. The van der Waals surface area contributed by atoms with Gasteiger partial charge in [-0.3, -0.25) is 0 Å². The summed E-state index contributed by atoms with van der Waals surface area (Å²) in [6, 6.07) is 36.6. The number of benzene rings is 5. The van der Waals surface area contributed by atoms with Crippen molar-refractivity contribution in [2.45, 2.75) is 31.3 Å².